The molecule has 1 heteroatoms. The molecule has 0 bridgehead atoms. The van der Waals surface area contributed by atoms with E-state index in [4.69, 9.17) is 0 Å². The lowest BCUT2D eigenvalue weighted by molar-refractivity contribution is 0.652. The molecule has 0 saturated carbocycles. The van der Waals surface area contributed by atoms with Gasteiger partial charge in [-0.25, -0.2) is 4.39 Å². The monoisotopic (exact) mass is 204 g/mol. The maximum absolute atomic E-state index is 13.2. The van der Waals surface area contributed by atoms with Gasteiger partial charge in [-0.15, -0.1) is 0 Å². The van der Waals surface area contributed by atoms with Crippen molar-refractivity contribution >= 4 is 0 Å². The molecule has 0 amide bonds. The van der Waals surface area contributed by atoms with Crippen LogP contribution in [0.2, 0.25) is 0 Å². The van der Waals surface area contributed by atoms with E-state index < -0.39 is 0 Å². The number of hydrogen-bond acceptors (Lipinski definition) is 0. The highest BCUT2D eigenvalue weighted by Crippen LogP contribution is 2.16. The van der Waals surface area contributed by atoms with Gasteiger partial charge in [-0.1, -0.05) is 44.0 Å². The first-order valence-corrected chi connectivity index (χ1v) is 4.59. The zero-order valence-corrected chi connectivity index (χ0v) is 9.44. The Balaban J connectivity index is 4.61. The van der Waals surface area contributed by atoms with Crippen molar-refractivity contribution in [3.63, 3.8) is 0 Å². The van der Waals surface area contributed by atoms with E-state index in [1.54, 1.807) is 19.1 Å². The van der Waals surface area contributed by atoms with Crippen LogP contribution in [0.4, 0.5) is 4.39 Å². The van der Waals surface area contributed by atoms with Crippen LogP contribution in [0.1, 0.15) is 13.8 Å². The molecule has 0 radical (unpaired) electrons. The van der Waals surface area contributed by atoms with Gasteiger partial charge in [-0.3, -0.25) is 0 Å². The van der Waals surface area contributed by atoms with E-state index in [2.05, 4.69) is 26.3 Å². The summed E-state index contributed by atoms with van der Waals surface area (Å²) >= 11 is 0. The van der Waals surface area contributed by atoms with Gasteiger partial charge in [0.2, 0.25) is 0 Å². The van der Waals surface area contributed by atoms with Crippen LogP contribution in [-0.2, 0) is 0 Å². The first-order chi connectivity index (χ1) is 6.84. The van der Waals surface area contributed by atoms with Crippen LogP contribution < -0.4 is 0 Å². The van der Waals surface area contributed by atoms with Crippen LogP contribution in [0.5, 0.6) is 0 Å². The molecule has 0 aromatic heterocycles. The van der Waals surface area contributed by atoms with Gasteiger partial charge in [0.15, 0.2) is 0 Å². The van der Waals surface area contributed by atoms with Crippen molar-refractivity contribution in [2.75, 3.05) is 0 Å². The fourth-order valence-corrected chi connectivity index (χ4v) is 0.719. The second kappa shape index (κ2) is 5.97. The van der Waals surface area contributed by atoms with Gasteiger partial charge in [0.1, 0.15) is 5.83 Å². The average molecular weight is 204 g/mol. The highest BCUT2D eigenvalue weighted by Gasteiger charge is 1.98. The largest absolute Gasteiger partial charge is 0.207 e. The molecule has 0 aliphatic carbocycles. The SMILES string of the molecule is C=C(C)/C=C\C(=C)C(=C)/C=C(/F)C(=C)C. The van der Waals surface area contributed by atoms with Crippen LogP contribution in [0.3, 0.4) is 0 Å². The second-order valence-electron chi connectivity index (χ2n) is 3.50. The summed E-state index contributed by atoms with van der Waals surface area (Å²) in [6.07, 6.45) is 4.89. The summed E-state index contributed by atoms with van der Waals surface area (Å²) in [4.78, 5) is 0. The summed E-state index contributed by atoms with van der Waals surface area (Å²) in [7, 11) is 0. The van der Waals surface area contributed by atoms with Crippen LogP contribution in [0.25, 0.3) is 0 Å². The highest BCUT2D eigenvalue weighted by atomic mass is 19.1. The summed E-state index contributed by atoms with van der Waals surface area (Å²) in [5.41, 5.74) is 2.49. The van der Waals surface area contributed by atoms with Crippen LogP contribution in [0.15, 0.2) is 72.7 Å². The Morgan fingerprint density at radius 3 is 1.87 bits per heavy atom. The molecule has 0 N–H and O–H groups in total. The van der Waals surface area contributed by atoms with Crippen molar-refractivity contribution in [3.8, 4) is 0 Å². The Morgan fingerprint density at radius 2 is 1.47 bits per heavy atom. The summed E-state index contributed by atoms with van der Waals surface area (Å²) in [6, 6.07) is 0. The number of allylic oxidation sites excluding steroid dienone is 8. The van der Waals surface area contributed by atoms with E-state index in [-0.39, 0.29) is 5.83 Å². The molecule has 0 aliphatic heterocycles. The molecule has 0 atom stereocenters. The molecule has 0 heterocycles. The topological polar surface area (TPSA) is 0 Å². The standard InChI is InChI=1S/C14H17F/c1-10(2)7-8-12(5)13(6)9-14(15)11(3)4/h7-9H,1,3,5-6H2,2,4H3/b8-7-,14-9+. The van der Waals surface area contributed by atoms with E-state index in [1.165, 1.54) is 6.08 Å². The highest BCUT2D eigenvalue weighted by molar-refractivity contribution is 5.46. The molecular weight excluding hydrogens is 187 g/mol. The van der Waals surface area contributed by atoms with Crippen molar-refractivity contribution < 1.29 is 4.39 Å². The van der Waals surface area contributed by atoms with Crippen molar-refractivity contribution in [3.05, 3.63) is 72.7 Å². The number of hydrogen-bond donors (Lipinski definition) is 0. The van der Waals surface area contributed by atoms with E-state index >= 15 is 0 Å². The minimum Gasteiger partial charge on any atom is -0.207 e. The minimum atomic E-state index is -0.370. The summed E-state index contributed by atoms with van der Waals surface area (Å²) in [5.74, 6) is -0.370. The zero-order chi connectivity index (χ0) is 12.0. The Kier molecular flexibility index (Phi) is 5.32. The molecular formula is C14H17F. The second-order valence-corrected chi connectivity index (χ2v) is 3.50. The first kappa shape index (κ1) is 13.4. The summed E-state index contributed by atoms with van der Waals surface area (Å²) in [6.45, 7) is 18.2. The first-order valence-electron chi connectivity index (χ1n) is 4.59. The van der Waals surface area contributed by atoms with Gasteiger partial charge in [0.25, 0.3) is 0 Å². The maximum atomic E-state index is 13.2. The van der Waals surface area contributed by atoms with Crippen molar-refractivity contribution in [2.45, 2.75) is 13.8 Å². The van der Waals surface area contributed by atoms with Crippen molar-refractivity contribution in [1.82, 2.24) is 0 Å². The maximum Gasteiger partial charge on any atom is 0.126 e. The Bertz CT molecular complexity index is 365. The molecule has 0 nitrogen and oxygen atoms in total. The Labute approximate surface area is 91.5 Å². The molecule has 0 spiro atoms. The molecule has 80 valence electrons. The lowest BCUT2D eigenvalue weighted by Crippen LogP contribution is -1.82. The van der Waals surface area contributed by atoms with Gasteiger partial charge in [-0.2, -0.15) is 0 Å². The van der Waals surface area contributed by atoms with Crippen LogP contribution in [-0.4, -0.2) is 0 Å². The fraction of sp³-hybridized carbons (Fsp3) is 0.143. The molecule has 0 saturated heterocycles. The van der Waals surface area contributed by atoms with Crippen LogP contribution >= 0.6 is 0 Å². The molecule has 0 aliphatic rings. The predicted octanol–water partition coefficient (Wildman–Crippen LogP) is 4.66. The third kappa shape index (κ3) is 5.63. The zero-order valence-electron chi connectivity index (χ0n) is 9.44. The van der Waals surface area contributed by atoms with Gasteiger partial charge in [-0.05, 0) is 36.6 Å². The van der Waals surface area contributed by atoms with E-state index in [0.29, 0.717) is 16.7 Å². The van der Waals surface area contributed by atoms with Gasteiger partial charge >= 0.3 is 0 Å². The van der Waals surface area contributed by atoms with E-state index in [0.717, 1.165) is 5.57 Å². The van der Waals surface area contributed by atoms with E-state index in [9.17, 15) is 4.39 Å². The molecule has 0 unspecified atom stereocenters. The molecule has 0 aromatic carbocycles. The van der Waals surface area contributed by atoms with Crippen LogP contribution in [0, 0.1) is 0 Å². The van der Waals surface area contributed by atoms with Gasteiger partial charge < -0.3 is 0 Å². The summed E-state index contributed by atoms with van der Waals surface area (Å²) < 4.78 is 13.2. The smallest absolute Gasteiger partial charge is 0.126 e. The third-order valence-electron chi connectivity index (χ3n) is 1.69. The number of rotatable bonds is 5. The van der Waals surface area contributed by atoms with Crippen molar-refractivity contribution in [1.29, 1.82) is 0 Å². The average Bonchev–Trinajstić information content (AvgIpc) is 2.13. The summed E-state index contributed by atoms with van der Waals surface area (Å²) in [5, 5.41) is 0. The Hall–Kier alpha value is -1.63. The molecule has 0 rings (SSSR count). The quantitative estimate of drug-likeness (QED) is 0.571. The Morgan fingerprint density at radius 1 is 0.933 bits per heavy atom. The van der Waals surface area contributed by atoms with Gasteiger partial charge in [0.05, 0.1) is 0 Å². The lowest BCUT2D eigenvalue weighted by Gasteiger charge is -2.00. The van der Waals surface area contributed by atoms with Crippen molar-refractivity contribution in [2.24, 2.45) is 0 Å². The lowest BCUT2D eigenvalue weighted by atomic mass is 10.1. The van der Waals surface area contributed by atoms with E-state index in [1.807, 2.05) is 6.92 Å². The normalized spacial score (nSPS) is 11.5. The third-order valence-corrected chi connectivity index (χ3v) is 1.69. The predicted molar refractivity (Wildman–Crippen MR) is 66.2 cm³/mol. The molecule has 15 heavy (non-hydrogen) atoms. The fourth-order valence-electron chi connectivity index (χ4n) is 0.719. The molecule has 0 aromatic rings. The minimum absolute atomic E-state index is 0.370. The number of halogens is 1. The molecule has 0 fully saturated rings. The van der Waals surface area contributed by atoms with Gasteiger partial charge in [0, 0.05) is 0 Å².